The molecule has 0 saturated carbocycles. The number of aromatic nitrogens is 1. The normalized spacial score (nSPS) is 14.3. The molecule has 0 bridgehead atoms. The lowest BCUT2D eigenvalue weighted by Gasteiger charge is -2.13. The largest absolute Gasteiger partial charge is 0.497 e. The molecule has 29 heavy (non-hydrogen) atoms. The van der Waals surface area contributed by atoms with Gasteiger partial charge in [0.15, 0.2) is 5.78 Å². The number of amides is 1. The van der Waals surface area contributed by atoms with Gasteiger partial charge in [0.25, 0.3) is 5.91 Å². The molecule has 0 fully saturated rings. The summed E-state index contributed by atoms with van der Waals surface area (Å²) in [5, 5.41) is 2.85. The van der Waals surface area contributed by atoms with Crippen LogP contribution in [0.15, 0.2) is 58.4 Å². The van der Waals surface area contributed by atoms with E-state index in [2.05, 4.69) is 26.2 Å². The Hall–Kier alpha value is -2.60. The van der Waals surface area contributed by atoms with Crippen LogP contribution in [-0.2, 0) is 4.74 Å². The maximum atomic E-state index is 13.4. The Kier molecular flexibility index (Phi) is 6.75. The number of carbonyl (C=O) groups is 2. The summed E-state index contributed by atoms with van der Waals surface area (Å²) in [5.41, 5.74) is 3.13. The van der Waals surface area contributed by atoms with Crippen LogP contribution in [-0.4, -0.2) is 29.8 Å². The van der Waals surface area contributed by atoms with Gasteiger partial charge in [0.2, 0.25) is 0 Å². The number of Topliss-reactive ketones (excluding diaryl/α,β-unsaturated/α-hetero) is 1. The molecule has 0 unspecified atom stereocenters. The highest BCUT2D eigenvalue weighted by atomic mass is 79.9. The van der Waals surface area contributed by atoms with E-state index in [-0.39, 0.29) is 11.7 Å². The van der Waals surface area contributed by atoms with Crippen LogP contribution >= 0.6 is 15.9 Å². The van der Waals surface area contributed by atoms with Gasteiger partial charge in [-0.05, 0) is 42.2 Å². The molecule has 1 aliphatic rings. The summed E-state index contributed by atoms with van der Waals surface area (Å²) in [6, 6.07) is 9.45. The maximum absolute atomic E-state index is 13.4. The molecule has 0 saturated heterocycles. The number of benzene rings is 1. The van der Waals surface area contributed by atoms with Gasteiger partial charge >= 0.3 is 0 Å². The lowest BCUT2D eigenvalue weighted by atomic mass is 9.91. The number of ether oxygens (including phenoxy) is 1. The van der Waals surface area contributed by atoms with Gasteiger partial charge in [-0.3, -0.25) is 9.59 Å². The van der Waals surface area contributed by atoms with Crippen LogP contribution < -0.4 is 5.32 Å². The highest BCUT2D eigenvalue weighted by molar-refractivity contribution is 9.10. The van der Waals surface area contributed by atoms with Gasteiger partial charge in [-0.15, -0.1) is 0 Å². The van der Waals surface area contributed by atoms with E-state index in [1.807, 2.05) is 51.1 Å². The van der Waals surface area contributed by atoms with E-state index in [4.69, 9.17) is 4.74 Å². The fourth-order valence-corrected chi connectivity index (χ4v) is 3.41. The van der Waals surface area contributed by atoms with Crippen LogP contribution in [0.25, 0.3) is 5.57 Å². The molecular weight excluding hydrogens is 432 g/mol. The summed E-state index contributed by atoms with van der Waals surface area (Å²) in [7, 11) is 0. The number of hydrogen-bond acceptors (Lipinski definition) is 3. The van der Waals surface area contributed by atoms with Crippen molar-refractivity contribution in [1.29, 1.82) is 0 Å². The van der Waals surface area contributed by atoms with Crippen LogP contribution in [0.2, 0.25) is 0 Å². The second-order valence-corrected chi connectivity index (χ2v) is 8.34. The first-order valence-corrected chi connectivity index (χ1v) is 10.5. The second-order valence-electron chi connectivity index (χ2n) is 7.43. The van der Waals surface area contributed by atoms with Crippen LogP contribution in [0.5, 0.6) is 0 Å². The number of nitrogens with one attached hydrogen (secondary N) is 2. The SMILES string of the molecule is CC1=C(C(=O)c2c[nH]c(C(=O)NCC(C)C)c2)C(c2ccc(Br)cc2)=CCCO1. The van der Waals surface area contributed by atoms with Gasteiger partial charge in [-0.1, -0.05) is 48.0 Å². The number of carbonyl (C=O) groups excluding carboxylic acids is 2. The lowest BCUT2D eigenvalue weighted by molar-refractivity contribution is 0.0944. The number of hydrogen-bond donors (Lipinski definition) is 2. The molecular formula is C23H25BrN2O3. The zero-order valence-corrected chi connectivity index (χ0v) is 18.4. The molecule has 1 aromatic carbocycles. The predicted octanol–water partition coefficient (Wildman–Crippen LogP) is 5.12. The van der Waals surface area contributed by atoms with E-state index < -0.39 is 0 Å². The summed E-state index contributed by atoms with van der Waals surface area (Å²) in [6.45, 7) is 6.98. The van der Waals surface area contributed by atoms with E-state index >= 15 is 0 Å². The first-order chi connectivity index (χ1) is 13.9. The van der Waals surface area contributed by atoms with Crippen LogP contribution in [0, 0.1) is 5.92 Å². The third kappa shape index (κ3) is 5.07. The number of allylic oxidation sites excluding steroid dienone is 3. The molecule has 0 spiro atoms. The molecule has 3 rings (SSSR count). The zero-order valence-electron chi connectivity index (χ0n) is 16.8. The second kappa shape index (κ2) is 9.27. The van der Waals surface area contributed by atoms with Crippen LogP contribution in [0.3, 0.4) is 0 Å². The average molecular weight is 457 g/mol. The average Bonchev–Trinajstić information content (AvgIpc) is 3.11. The lowest BCUT2D eigenvalue weighted by Crippen LogP contribution is -2.27. The quantitative estimate of drug-likeness (QED) is 0.592. The Morgan fingerprint density at radius 2 is 1.97 bits per heavy atom. The molecule has 1 amide bonds. The zero-order chi connectivity index (χ0) is 21.0. The van der Waals surface area contributed by atoms with Crippen molar-refractivity contribution in [3.05, 3.63) is 75.2 Å². The molecule has 6 heteroatoms. The first-order valence-electron chi connectivity index (χ1n) is 9.68. The molecule has 2 heterocycles. The van der Waals surface area contributed by atoms with Crippen molar-refractivity contribution in [3.8, 4) is 0 Å². The Morgan fingerprint density at radius 3 is 2.66 bits per heavy atom. The van der Waals surface area contributed by atoms with Gasteiger partial charge in [-0.25, -0.2) is 0 Å². The maximum Gasteiger partial charge on any atom is 0.267 e. The number of H-pyrrole nitrogens is 1. The van der Waals surface area contributed by atoms with Crippen LogP contribution in [0.1, 0.15) is 53.6 Å². The topological polar surface area (TPSA) is 71.2 Å². The van der Waals surface area contributed by atoms with Gasteiger partial charge in [0.05, 0.1) is 12.2 Å². The Labute approximate surface area is 179 Å². The Balaban J connectivity index is 1.91. The smallest absolute Gasteiger partial charge is 0.267 e. The van der Waals surface area contributed by atoms with Crippen molar-refractivity contribution in [1.82, 2.24) is 10.3 Å². The standard InChI is InChI=1S/C23H25BrN2O3/c1-14(2)12-26-23(28)20-11-17(13-25-20)22(27)21-15(3)29-10-4-5-19(21)16-6-8-18(24)9-7-16/h5-9,11,13-14,25H,4,10,12H2,1-3H3,(H,26,28). The molecule has 1 aromatic heterocycles. The molecule has 2 N–H and O–H groups in total. The summed E-state index contributed by atoms with van der Waals surface area (Å²) < 4.78 is 6.74. The predicted molar refractivity (Wildman–Crippen MR) is 118 cm³/mol. The number of halogens is 1. The van der Waals surface area contributed by atoms with Crippen molar-refractivity contribution in [2.24, 2.45) is 5.92 Å². The van der Waals surface area contributed by atoms with Gasteiger partial charge in [-0.2, -0.15) is 0 Å². The van der Waals surface area contributed by atoms with Crippen molar-refractivity contribution >= 4 is 33.2 Å². The van der Waals surface area contributed by atoms with E-state index in [9.17, 15) is 9.59 Å². The summed E-state index contributed by atoms with van der Waals surface area (Å²) in [6.07, 6.45) is 4.34. The Morgan fingerprint density at radius 1 is 1.24 bits per heavy atom. The van der Waals surface area contributed by atoms with E-state index in [1.54, 1.807) is 12.3 Å². The third-order valence-electron chi connectivity index (χ3n) is 4.65. The number of rotatable bonds is 6. The minimum absolute atomic E-state index is 0.169. The molecule has 1 aliphatic heterocycles. The number of ketones is 1. The summed E-state index contributed by atoms with van der Waals surface area (Å²) in [4.78, 5) is 28.6. The molecule has 5 nitrogen and oxygen atoms in total. The fraction of sp³-hybridized carbons (Fsp3) is 0.304. The molecule has 0 radical (unpaired) electrons. The fourth-order valence-electron chi connectivity index (χ4n) is 3.15. The van der Waals surface area contributed by atoms with Gasteiger partial charge in [0, 0.05) is 29.2 Å². The van der Waals surface area contributed by atoms with Crippen molar-refractivity contribution < 1.29 is 14.3 Å². The van der Waals surface area contributed by atoms with Crippen molar-refractivity contribution in [2.45, 2.75) is 27.2 Å². The summed E-state index contributed by atoms with van der Waals surface area (Å²) >= 11 is 3.45. The minimum Gasteiger partial charge on any atom is -0.497 e. The third-order valence-corrected chi connectivity index (χ3v) is 5.18. The molecule has 0 aliphatic carbocycles. The number of aromatic amines is 1. The highest BCUT2D eigenvalue weighted by Gasteiger charge is 2.25. The van der Waals surface area contributed by atoms with Gasteiger partial charge < -0.3 is 15.0 Å². The molecule has 0 atom stereocenters. The monoisotopic (exact) mass is 456 g/mol. The van der Waals surface area contributed by atoms with Crippen molar-refractivity contribution in [2.75, 3.05) is 13.2 Å². The van der Waals surface area contributed by atoms with Crippen LogP contribution in [0.4, 0.5) is 0 Å². The van der Waals surface area contributed by atoms with E-state index in [1.165, 1.54) is 0 Å². The molecule has 2 aromatic rings. The minimum atomic E-state index is -0.218. The first kappa shape index (κ1) is 21.1. The van der Waals surface area contributed by atoms with E-state index in [0.29, 0.717) is 41.7 Å². The van der Waals surface area contributed by atoms with Gasteiger partial charge in [0.1, 0.15) is 11.5 Å². The van der Waals surface area contributed by atoms with E-state index in [0.717, 1.165) is 22.0 Å². The summed E-state index contributed by atoms with van der Waals surface area (Å²) in [5.74, 6) is 0.556. The highest BCUT2D eigenvalue weighted by Crippen LogP contribution is 2.32. The molecule has 152 valence electrons. The van der Waals surface area contributed by atoms with Crippen molar-refractivity contribution in [3.63, 3.8) is 0 Å². The Bertz CT molecular complexity index is 968.